The number of benzene rings is 2. The first kappa shape index (κ1) is 21.0. The molecule has 4 rings (SSSR count). The minimum atomic E-state index is -0.413. The number of hydrogen-bond donors (Lipinski definition) is 2. The highest BCUT2D eigenvalue weighted by Gasteiger charge is 2.18. The third kappa shape index (κ3) is 3.87. The first-order chi connectivity index (χ1) is 15.4. The summed E-state index contributed by atoms with van der Waals surface area (Å²) in [6, 6.07) is 15.4. The molecule has 9 nitrogen and oxygen atoms in total. The molecule has 9 heteroatoms. The van der Waals surface area contributed by atoms with E-state index in [0.717, 1.165) is 5.69 Å². The maximum atomic E-state index is 13.0. The van der Waals surface area contributed by atoms with Crippen LogP contribution in [0.1, 0.15) is 40.9 Å². The van der Waals surface area contributed by atoms with Gasteiger partial charge in [-0.05, 0) is 50.2 Å². The Morgan fingerprint density at radius 2 is 1.59 bits per heavy atom. The quantitative estimate of drug-likeness (QED) is 0.506. The van der Waals surface area contributed by atoms with Crippen LogP contribution in [0.4, 0.5) is 5.69 Å². The van der Waals surface area contributed by atoms with Crippen molar-refractivity contribution in [3.8, 4) is 5.69 Å². The van der Waals surface area contributed by atoms with Gasteiger partial charge in [0.25, 0.3) is 17.4 Å². The van der Waals surface area contributed by atoms with Crippen LogP contribution >= 0.6 is 0 Å². The fraction of sp³-hybridized carbons (Fsp3) is 0.174. The first-order valence-electron chi connectivity index (χ1n) is 10.1. The Bertz CT molecular complexity index is 1370. The molecule has 2 aromatic heterocycles. The van der Waals surface area contributed by atoms with Gasteiger partial charge in [-0.2, -0.15) is 10.2 Å². The van der Waals surface area contributed by atoms with Crippen LogP contribution in [0.25, 0.3) is 16.5 Å². The van der Waals surface area contributed by atoms with Crippen LogP contribution in [-0.4, -0.2) is 38.4 Å². The lowest BCUT2D eigenvalue weighted by Crippen LogP contribution is -2.28. The lowest BCUT2D eigenvalue weighted by atomic mass is 10.1. The van der Waals surface area contributed by atoms with Crippen LogP contribution in [0, 0.1) is 0 Å². The van der Waals surface area contributed by atoms with Crippen molar-refractivity contribution in [1.29, 1.82) is 0 Å². The Morgan fingerprint density at radius 3 is 2.25 bits per heavy atom. The number of carbonyl (C=O) groups excluding carboxylic acids is 2. The van der Waals surface area contributed by atoms with E-state index >= 15 is 0 Å². The molecule has 0 radical (unpaired) electrons. The number of anilines is 1. The number of rotatable bonds is 5. The smallest absolute Gasteiger partial charge is 0.276 e. The summed E-state index contributed by atoms with van der Waals surface area (Å²) in [6.07, 6.45) is 1.68. The zero-order valence-electron chi connectivity index (χ0n) is 17.9. The standard InChI is InChI=1S/C23H22N6O3/c1-14(2)29-23(32)18-7-5-4-6-17(18)20(27-29)22(31)25-15-8-10-16(11-9-15)28-13-12-19(26-28)21(30)24-3/h4-14H,1-3H3,(H,24,30)(H,25,31). The van der Waals surface area contributed by atoms with Crippen molar-refractivity contribution in [3.05, 3.63) is 82.5 Å². The van der Waals surface area contributed by atoms with Gasteiger partial charge in [0.2, 0.25) is 0 Å². The summed E-state index contributed by atoms with van der Waals surface area (Å²) in [6.45, 7) is 3.68. The monoisotopic (exact) mass is 430 g/mol. The van der Waals surface area contributed by atoms with Gasteiger partial charge < -0.3 is 10.6 Å². The number of carbonyl (C=O) groups is 2. The Morgan fingerprint density at radius 1 is 0.906 bits per heavy atom. The second kappa shape index (κ2) is 8.46. The van der Waals surface area contributed by atoms with E-state index < -0.39 is 5.91 Å². The molecule has 0 saturated carbocycles. The van der Waals surface area contributed by atoms with Crippen LogP contribution in [0.3, 0.4) is 0 Å². The summed E-state index contributed by atoms with van der Waals surface area (Å²) in [5.41, 5.74) is 1.55. The van der Waals surface area contributed by atoms with Crippen molar-refractivity contribution >= 4 is 28.3 Å². The van der Waals surface area contributed by atoms with E-state index in [-0.39, 0.29) is 23.2 Å². The van der Waals surface area contributed by atoms with Crippen LogP contribution in [0.2, 0.25) is 0 Å². The molecule has 2 aromatic carbocycles. The predicted molar refractivity (Wildman–Crippen MR) is 121 cm³/mol. The van der Waals surface area contributed by atoms with Crippen LogP contribution in [-0.2, 0) is 0 Å². The number of nitrogens with one attached hydrogen (secondary N) is 2. The number of hydrogen-bond acceptors (Lipinski definition) is 5. The zero-order valence-corrected chi connectivity index (χ0v) is 17.9. The molecule has 0 spiro atoms. The fourth-order valence-electron chi connectivity index (χ4n) is 3.33. The summed E-state index contributed by atoms with van der Waals surface area (Å²) in [7, 11) is 1.55. The molecule has 0 bridgehead atoms. The van der Waals surface area contributed by atoms with Gasteiger partial charge in [-0.25, -0.2) is 9.36 Å². The molecule has 162 valence electrons. The van der Waals surface area contributed by atoms with Crippen molar-refractivity contribution in [3.63, 3.8) is 0 Å². The lowest BCUT2D eigenvalue weighted by molar-refractivity contribution is 0.0956. The molecule has 0 fully saturated rings. The largest absolute Gasteiger partial charge is 0.354 e. The van der Waals surface area contributed by atoms with Gasteiger partial charge in [0.15, 0.2) is 11.4 Å². The minimum absolute atomic E-state index is 0.181. The molecule has 0 aliphatic carbocycles. The highest BCUT2D eigenvalue weighted by molar-refractivity contribution is 6.11. The van der Waals surface area contributed by atoms with Gasteiger partial charge in [0.1, 0.15) is 0 Å². The maximum absolute atomic E-state index is 13.0. The number of nitrogens with zero attached hydrogens (tertiary/aromatic N) is 4. The lowest BCUT2D eigenvalue weighted by Gasteiger charge is -2.13. The van der Waals surface area contributed by atoms with E-state index in [1.54, 1.807) is 72.5 Å². The molecule has 0 aliphatic rings. The number of amides is 2. The summed E-state index contributed by atoms with van der Waals surface area (Å²) < 4.78 is 2.89. The third-order valence-corrected chi connectivity index (χ3v) is 4.97. The van der Waals surface area contributed by atoms with Gasteiger partial charge in [-0.1, -0.05) is 18.2 Å². The Balaban J connectivity index is 1.62. The zero-order chi connectivity index (χ0) is 22.8. The van der Waals surface area contributed by atoms with Crippen molar-refractivity contribution in [2.45, 2.75) is 19.9 Å². The van der Waals surface area contributed by atoms with Crippen LogP contribution in [0.5, 0.6) is 0 Å². The molecule has 2 amide bonds. The molecule has 0 unspecified atom stereocenters. The summed E-state index contributed by atoms with van der Waals surface area (Å²) in [5, 5.41) is 14.9. The van der Waals surface area contributed by atoms with Gasteiger partial charge in [-0.15, -0.1) is 0 Å². The predicted octanol–water partition coefficient (Wildman–Crippen LogP) is 2.78. The van der Waals surface area contributed by atoms with Gasteiger partial charge in [0.05, 0.1) is 17.1 Å². The number of aromatic nitrogens is 4. The Hall–Kier alpha value is -4.27. The van der Waals surface area contributed by atoms with Crippen molar-refractivity contribution in [1.82, 2.24) is 24.9 Å². The molecule has 0 aliphatic heterocycles. The van der Waals surface area contributed by atoms with Crippen molar-refractivity contribution < 1.29 is 9.59 Å². The van der Waals surface area contributed by atoms with Crippen LogP contribution < -0.4 is 16.2 Å². The molecule has 4 aromatic rings. The highest BCUT2D eigenvalue weighted by Crippen LogP contribution is 2.18. The summed E-state index contributed by atoms with van der Waals surface area (Å²) in [5.74, 6) is -0.681. The third-order valence-electron chi connectivity index (χ3n) is 4.97. The molecular weight excluding hydrogens is 408 g/mol. The average molecular weight is 430 g/mol. The Labute approximate surface area is 183 Å². The highest BCUT2D eigenvalue weighted by atomic mass is 16.2. The normalized spacial score (nSPS) is 11.0. The molecule has 32 heavy (non-hydrogen) atoms. The topological polar surface area (TPSA) is 111 Å². The van der Waals surface area contributed by atoms with Crippen molar-refractivity contribution in [2.75, 3.05) is 12.4 Å². The van der Waals surface area contributed by atoms with E-state index in [0.29, 0.717) is 22.2 Å². The second-order valence-electron chi connectivity index (χ2n) is 7.46. The molecule has 0 saturated heterocycles. The van der Waals surface area contributed by atoms with E-state index in [4.69, 9.17) is 0 Å². The van der Waals surface area contributed by atoms with E-state index in [2.05, 4.69) is 20.8 Å². The molecule has 0 atom stereocenters. The minimum Gasteiger partial charge on any atom is -0.354 e. The number of fused-ring (bicyclic) bond motifs is 1. The van der Waals surface area contributed by atoms with Gasteiger partial charge >= 0.3 is 0 Å². The summed E-state index contributed by atoms with van der Waals surface area (Å²) in [4.78, 5) is 37.4. The van der Waals surface area contributed by atoms with Crippen molar-refractivity contribution in [2.24, 2.45) is 0 Å². The average Bonchev–Trinajstić information content (AvgIpc) is 3.29. The van der Waals surface area contributed by atoms with E-state index in [1.165, 1.54) is 4.68 Å². The van der Waals surface area contributed by atoms with Gasteiger partial charge in [-0.3, -0.25) is 14.4 Å². The molecular formula is C23H22N6O3. The van der Waals surface area contributed by atoms with E-state index in [9.17, 15) is 14.4 Å². The SMILES string of the molecule is CNC(=O)c1ccn(-c2ccc(NC(=O)c3nn(C(C)C)c(=O)c4ccccc34)cc2)n1. The summed E-state index contributed by atoms with van der Waals surface area (Å²) >= 11 is 0. The van der Waals surface area contributed by atoms with Crippen LogP contribution in [0.15, 0.2) is 65.6 Å². The second-order valence-corrected chi connectivity index (χ2v) is 7.46. The van der Waals surface area contributed by atoms with Gasteiger partial charge in [0, 0.05) is 24.3 Å². The molecule has 2 heterocycles. The molecule has 2 N–H and O–H groups in total. The van der Waals surface area contributed by atoms with E-state index in [1.807, 2.05) is 13.8 Å². The Kier molecular flexibility index (Phi) is 5.55. The first-order valence-corrected chi connectivity index (χ1v) is 10.1. The fourth-order valence-corrected chi connectivity index (χ4v) is 3.33. The maximum Gasteiger partial charge on any atom is 0.276 e.